The minimum atomic E-state index is 0.641. The summed E-state index contributed by atoms with van der Waals surface area (Å²) in [5, 5.41) is 2.13. The normalized spacial score (nSPS) is 10.6. The van der Waals surface area contributed by atoms with Crippen molar-refractivity contribution in [2.75, 3.05) is 13.2 Å². The van der Waals surface area contributed by atoms with Gasteiger partial charge in [-0.1, -0.05) is 15.9 Å². The van der Waals surface area contributed by atoms with Gasteiger partial charge in [-0.25, -0.2) is 0 Å². The van der Waals surface area contributed by atoms with Crippen LogP contribution in [0.1, 0.15) is 6.42 Å². The average molecular weight is 281 g/mol. The number of nitrogens with two attached hydrogens (primary N) is 1. The Hall–Kier alpha value is -1.13. The Balaban J connectivity index is 2.35. The summed E-state index contributed by atoms with van der Waals surface area (Å²) in [6.45, 7) is 1.29. The van der Waals surface area contributed by atoms with E-state index < -0.39 is 0 Å². The van der Waals surface area contributed by atoms with Crippen molar-refractivity contribution in [1.29, 1.82) is 0 Å². The highest BCUT2D eigenvalue weighted by Crippen LogP contribution is 2.30. The monoisotopic (exact) mass is 280 g/mol. The number of aromatic nitrogens is 1. The summed E-state index contributed by atoms with van der Waals surface area (Å²) in [5.74, 6) is 0.861. The first-order valence-electron chi connectivity index (χ1n) is 5.18. The fourth-order valence-corrected chi connectivity index (χ4v) is 2.00. The van der Waals surface area contributed by atoms with E-state index in [1.807, 2.05) is 24.4 Å². The molecular formula is C12H13BrN2O. The lowest BCUT2D eigenvalue weighted by Crippen LogP contribution is -2.06. The largest absolute Gasteiger partial charge is 0.493 e. The van der Waals surface area contributed by atoms with Crippen LogP contribution in [0.2, 0.25) is 0 Å². The molecule has 1 heterocycles. The molecule has 0 saturated heterocycles. The van der Waals surface area contributed by atoms with Gasteiger partial charge in [0, 0.05) is 27.6 Å². The summed E-state index contributed by atoms with van der Waals surface area (Å²) in [4.78, 5) is 4.12. The van der Waals surface area contributed by atoms with E-state index >= 15 is 0 Å². The summed E-state index contributed by atoms with van der Waals surface area (Å²) in [6.07, 6.45) is 4.45. The first-order chi connectivity index (χ1) is 7.83. The lowest BCUT2D eigenvalue weighted by molar-refractivity contribution is 0.317. The van der Waals surface area contributed by atoms with Gasteiger partial charge in [0.1, 0.15) is 5.75 Å². The maximum absolute atomic E-state index is 5.67. The molecule has 0 atom stereocenters. The number of benzene rings is 1. The molecule has 2 N–H and O–H groups in total. The second kappa shape index (κ2) is 5.27. The lowest BCUT2D eigenvalue weighted by Gasteiger charge is -2.09. The third kappa shape index (κ3) is 2.33. The Kier molecular flexibility index (Phi) is 3.74. The lowest BCUT2D eigenvalue weighted by atomic mass is 10.1. The molecule has 1 aromatic carbocycles. The molecule has 84 valence electrons. The van der Waals surface area contributed by atoms with Crippen molar-refractivity contribution in [2.24, 2.45) is 5.73 Å². The average Bonchev–Trinajstić information content (AvgIpc) is 2.33. The number of rotatable bonds is 4. The highest BCUT2D eigenvalue weighted by atomic mass is 79.9. The first-order valence-corrected chi connectivity index (χ1v) is 5.97. The zero-order chi connectivity index (χ0) is 11.4. The van der Waals surface area contributed by atoms with E-state index in [-0.39, 0.29) is 0 Å². The number of hydrogen-bond acceptors (Lipinski definition) is 3. The third-order valence-corrected chi connectivity index (χ3v) is 3.02. The Morgan fingerprint density at radius 1 is 1.25 bits per heavy atom. The number of hydrogen-bond donors (Lipinski definition) is 1. The van der Waals surface area contributed by atoms with E-state index in [4.69, 9.17) is 10.5 Å². The van der Waals surface area contributed by atoms with Crippen LogP contribution < -0.4 is 10.5 Å². The van der Waals surface area contributed by atoms with Gasteiger partial charge in [0.05, 0.1) is 6.61 Å². The number of pyridine rings is 1. The van der Waals surface area contributed by atoms with E-state index in [1.165, 1.54) is 0 Å². The van der Waals surface area contributed by atoms with Gasteiger partial charge in [-0.2, -0.15) is 0 Å². The summed E-state index contributed by atoms with van der Waals surface area (Å²) >= 11 is 3.51. The first kappa shape index (κ1) is 11.4. The fourth-order valence-electron chi connectivity index (χ4n) is 1.52. The fraction of sp³-hybridized carbons (Fsp3) is 0.250. The van der Waals surface area contributed by atoms with Crippen molar-refractivity contribution >= 4 is 26.7 Å². The van der Waals surface area contributed by atoms with Crippen molar-refractivity contribution in [3.63, 3.8) is 0 Å². The van der Waals surface area contributed by atoms with Crippen molar-refractivity contribution in [2.45, 2.75) is 6.42 Å². The molecule has 1 aromatic heterocycles. The molecule has 0 bridgehead atoms. The van der Waals surface area contributed by atoms with Crippen LogP contribution >= 0.6 is 15.9 Å². The van der Waals surface area contributed by atoms with E-state index in [9.17, 15) is 0 Å². The Bertz CT molecular complexity index is 487. The maximum atomic E-state index is 5.67. The molecular weight excluding hydrogens is 268 g/mol. The number of ether oxygens (including phenoxy) is 1. The Labute approximate surface area is 103 Å². The molecule has 0 aliphatic heterocycles. The van der Waals surface area contributed by atoms with Gasteiger partial charge in [0.15, 0.2) is 0 Å². The SMILES string of the molecule is NCCCOc1ccc(Br)c2ccncc12. The Morgan fingerprint density at radius 2 is 2.12 bits per heavy atom. The number of fused-ring (bicyclic) bond motifs is 1. The molecule has 0 radical (unpaired) electrons. The van der Waals surface area contributed by atoms with Crippen LogP contribution in [0.4, 0.5) is 0 Å². The van der Waals surface area contributed by atoms with E-state index in [0.717, 1.165) is 27.4 Å². The highest BCUT2D eigenvalue weighted by molar-refractivity contribution is 9.10. The molecule has 0 saturated carbocycles. The minimum absolute atomic E-state index is 0.641. The zero-order valence-corrected chi connectivity index (χ0v) is 10.4. The van der Waals surface area contributed by atoms with Crippen LogP contribution in [0, 0.1) is 0 Å². The second-order valence-corrected chi connectivity index (χ2v) is 4.31. The molecule has 0 fully saturated rings. The maximum Gasteiger partial charge on any atom is 0.128 e. The molecule has 2 aromatic rings. The van der Waals surface area contributed by atoms with Gasteiger partial charge in [0.2, 0.25) is 0 Å². The minimum Gasteiger partial charge on any atom is -0.493 e. The highest BCUT2D eigenvalue weighted by Gasteiger charge is 2.04. The molecule has 0 spiro atoms. The van der Waals surface area contributed by atoms with Gasteiger partial charge in [-0.3, -0.25) is 4.98 Å². The van der Waals surface area contributed by atoms with Gasteiger partial charge >= 0.3 is 0 Å². The van der Waals surface area contributed by atoms with E-state index in [1.54, 1.807) is 6.20 Å². The predicted molar refractivity (Wildman–Crippen MR) is 68.6 cm³/mol. The molecule has 2 rings (SSSR count). The van der Waals surface area contributed by atoms with Crippen LogP contribution in [0.5, 0.6) is 5.75 Å². The van der Waals surface area contributed by atoms with Gasteiger partial charge in [-0.15, -0.1) is 0 Å². The van der Waals surface area contributed by atoms with Crippen molar-refractivity contribution in [3.05, 3.63) is 35.1 Å². The summed E-state index contributed by atoms with van der Waals surface area (Å²) < 4.78 is 6.73. The zero-order valence-electron chi connectivity index (χ0n) is 8.82. The number of nitrogens with zero attached hydrogens (tertiary/aromatic N) is 1. The van der Waals surface area contributed by atoms with Gasteiger partial charge in [0.25, 0.3) is 0 Å². The summed E-state index contributed by atoms with van der Waals surface area (Å²) in [5.41, 5.74) is 5.43. The number of halogens is 1. The third-order valence-electron chi connectivity index (χ3n) is 2.33. The molecule has 4 heteroatoms. The molecule has 0 aliphatic carbocycles. The molecule has 0 amide bonds. The second-order valence-electron chi connectivity index (χ2n) is 3.46. The van der Waals surface area contributed by atoms with Crippen molar-refractivity contribution in [3.8, 4) is 5.75 Å². The molecule has 16 heavy (non-hydrogen) atoms. The van der Waals surface area contributed by atoms with Crippen molar-refractivity contribution < 1.29 is 4.74 Å². The van der Waals surface area contributed by atoms with Crippen LogP contribution in [0.15, 0.2) is 35.1 Å². The molecule has 0 unspecified atom stereocenters. The van der Waals surface area contributed by atoms with Crippen LogP contribution in [0.3, 0.4) is 0 Å². The van der Waals surface area contributed by atoms with E-state index in [0.29, 0.717) is 13.2 Å². The smallest absolute Gasteiger partial charge is 0.128 e. The van der Waals surface area contributed by atoms with Gasteiger partial charge < -0.3 is 10.5 Å². The van der Waals surface area contributed by atoms with Crippen molar-refractivity contribution in [1.82, 2.24) is 4.98 Å². The standard InChI is InChI=1S/C12H13BrN2O/c13-11-2-3-12(16-7-1-5-14)10-8-15-6-4-9(10)11/h2-4,6,8H,1,5,7,14H2. The summed E-state index contributed by atoms with van der Waals surface area (Å²) in [6, 6.07) is 5.90. The van der Waals surface area contributed by atoms with Crippen LogP contribution in [0.25, 0.3) is 10.8 Å². The van der Waals surface area contributed by atoms with E-state index in [2.05, 4.69) is 20.9 Å². The van der Waals surface area contributed by atoms with Gasteiger partial charge in [-0.05, 0) is 31.2 Å². The molecule has 3 nitrogen and oxygen atoms in total. The van der Waals surface area contributed by atoms with Crippen LogP contribution in [-0.4, -0.2) is 18.1 Å². The predicted octanol–water partition coefficient (Wildman–Crippen LogP) is 2.72. The topological polar surface area (TPSA) is 48.1 Å². The quantitative estimate of drug-likeness (QED) is 0.876. The Morgan fingerprint density at radius 3 is 2.94 bits per heavy atom. The molecule has 0 aliphatic rings. The summed E-state index contributed by atoms with van der Waals surface area (Å²) in [7, 11) is 0. The van der Waals surface area contributed by atoms with Crippen LogP contribution in [-0.2, 0) is 0 Å².